The monoisotopic (exact) mass is 150 g/mol. The van der Waals surface area contributed by atoms with Crippen LogP contribution in [0.15, 0.2) is 18.3 Å². The molecule has 1 aliphatic heterocycles. The molecule has 0 saturated heterocycles. The number of nitrogens with zero attached hydrogens (tertiary/aromatic N) is 1. The zero-order valence-electron chi connectivity index (χ0n) is 6.71. The first kappa shape index (κ1) is 6.65. The molecule has 0 amide bonds. The number of fused-ring (bicyclic) bond motifs is 1. The fourth-order valence-electron chi connectivity index (χ4n) is 1.34. The van der Waals surface area contributed by atoms with Gasteiger partial charge < -0.3 is 4.74 Å². The molecule has 2 rings (SSSR count). The second-order valence-corrected chi connectivity index (χ2v) is 2.77. The van der Waals surface area contributed by atoms with Crippen LogP contribution < -0.4 is 9.30 Å². The quantitative estimate of drug-likeness (QED) is 0.543. The molecule has 1 aliphatic rings. The highest BCUT2D eigenvalue weighted by molar-refractivity contribution is 5.12. The molecule has 0 saturated carbocycles. The van der Waals surface area contributed by atoms with Crippen molar-refractivity contribution in [3.8, 4) is 5.88 Å². The van der Waals surface area contributed by atoms with E-state index in [0.717, 1.165) is 25.5 Å². The van der Waals surface area contributed by atoms with Crippen molar-refractivity contribution in [3.05, 3.63) is 23.9 Å². The fourth-order valence-corrected chi connectivity index (χ4v) is 1.34. The molecule has 11 heavy (non-hydrogen) atoms. The van der Waals surface area contributed by atoms with Crippen LogP contribution in [-0.2, 0) is 13.0 Å². The summed E-state index contributed by atoms with van der Waals surface area (Å²) in [5.41, 5.74) is 1.37. The molecular weight excluding hydrogens is 138 g/mol. The van der Waals surface area contributed by atoms with Crippen molar-refractivity contribution in [2.24, 2.45) is 0 Å². The Balaban J connectivity index is 2.41. The summed E-state index contributed by atoms with van der Waals surface area (Å²) in [6.07, 6.45) is 3.27. The minimum absolute atomic E-state index is 0.827. The molecule has 2 heteroatoms. The van der Waals surface area contributed by atoms with Gasteiger partial charge in [-0.1, -0.05) is 6.92 Å². The third-order valence-electron chi connectivity index (χ3n) is 2.04. The van der Waals surface area contributed by atoms with Crippen LogP contribution in [0.4, 0.5) is 0 Å². The third-order valence-corrected chi connectivity index (χ3v) is 2.04. The maximum Gasteiger partial charge on any atom is 0.368 e. The number of aromatic nitrogens is 1. The number of aryl methyl sites for hydroxylation is 1. The first-order valence-electron chi connectivity index (χ1n) is 4.05. The number of hydrogen-bond donors (Lipinski definition) is 0. The molecule has 2 nitrogen and oxygen atoms in total. The zero-order valence-corrected chi connectivity index (χ0v) is 6.71. The van der Waals surface area contributed by atoms with Gasteiger partial charge >= 0.3 is 5.88 Å². The molecule has 1 aromatic rings. The lowest BCUT2D eigenvalue weighted by Crippen LogP contribution is -2.29. The molecule has 0 unspecified atom stereocenters. The van der Waals surface area contributed by atoms with Crippen LogP contribution in [0.3, 0.4) is 0 Å². The van der Waals surface area contributed by atoms with Crippen molar-refractivity contribution in [1.82, 2.24) is 0 Å². The van der Waals surface area contributed by atoms with Gasteiger partial charge in [-0.2, -0.15) is 4.57 Å². The summed E-state index contributed by atoms with van der Waals surface area (Å²) in [4.78, 5) is 0. The van der Waals surface area contributed by atoms with Crippen molar-refractivity contribution in [3.63, 3.8) is 0 Å². The van der Waals surface area contributed by atoms with Gasteiger partial charge in [0.05, 0.1) is 6.07 Å². The summed E-state index contributed by atoms with van der Waals surface area (Å²) in [5.74, 6) is 1.00. The van der Waals surface area contributed by atoms with Crippen LogP contribution in [-0.4, -0.2) is 6.61 Å². The van der Waals surface area contributed by atoms with Gasteiger partial charge in [0.1, 0.15) is 0 Å². The molecule has 0 atom stereocenters. The summed E-state index contributed by atoms with van der Waals surface area (Å²) in [7, 11) is 0. The molecule has 0 aromatic carbocycles. The van der Waals surface area contributed by atoms with Crippen LogP contribution in [0.5, 0.6) is 5.88 Å². The number of ether oxygens (including phenoxy) is 1. The summed E-state index contributed by atoms with van der Waals surface area (Å²) in [6.45, 7) is 3.99. The fraction of sp³-hybridized carbons (Fsp3) is 0.444. The SMILES string of the molecule is CCc1ccc2[n+](c1)CCO2. The van der Waals surface area contributed by atoms with Crippen LogP contribution in [0.2, 0.25) is 0 Å². The average Bonchev–Trinajstić information content (AvgIpc) is 2.50. The van der Waals surface area contributed by atoms with E-state index in [2.05, 4.69) is 23.8 Å². The third kappa shape index (κ3) is 1.09. The number of pyridine rings is 1. The van der Waals surface area contributed by atoms with E-state index in [0.29, 0.717) is 0 Å². The molecule has 0 fully saturated rings. The first-order valence-corrected chi connectivity index (χ1v) is 4.05. The van der Waals surface area contributed by atoms with E-state index in [4.69, 9.17) is 4.74 Å². The minimum Gasteiger partial charge on any atom is -0.438 e. The van der Waals surface area contributed by atoms with Gasteiger partial charge in [0.15, 0.2) is 19.3 Å². The average molecular weight is 150 g/mol. The summed E-state index contributed by atoms with van der Waals surface area (Å²) in [5, 5.41) is 0. The molecule has 0 N–H and O–H groups in total. The summed E-state index contributed by atoms with van der Waals surface area (Å²) < 4.78 is 7.53. The van der Waals surface area contributed by atoms with Gasteiger partial charge in [0, 0.05) is 5.56 Å². The van der Waals surface area contributed by atoms with Crippen LogP contribution in [0.25, 0.3) is 0 Å². The van der Waals surface area contributed by atoms with E-state index >= 15 is 0 Å². The zero-order chi connectivity index (χ0) is 7.68. The lowest BCUT2D eigenvalue weighted by atomic mass is 10.2. The maximum absolute atomic E-state index is 5.36. The molecule has 0 spiro atoms. The normalized spacial score (nSPS) is 14.3. The van der Waals surface area contributed by atoms with Gasteiger partial charge in [-0.25, -0.2) is 0 Å². The Kier molecular flexibility index (Phi) is 1.53. The Morgan fingerprint density at radius 2 is 2.45 bits per heavy atom. The lowest BCUT2D eigenvalue weighted by Gasteiger charge is -1.93. The standard InChI is InChI=1S/C9H12NO/c1-2-8-3-4-9-10(7-8)5-6-11-9/h3-4,7H,2,5-6H2,1H3/q+1. The van der Waals surface area contributed by atoms with Gasteiger partial charge in [-0.05, 0) is 12.5 Å². The van der Waals surface area contributed by atoms with E-state index < -0.39 is 0 Å². The minimum atomic E-state index is 0.827. The Bertz CT molecular complexity index is 270. The Labute approximate surface area is 66.4 Å². The molecule has 0 bridgehead atoms. The van der Waals surface area contributed by atoms with Crippen LogP contribution >= 0.6 is 0 Å². The molecule has 1 aromatic heterocycles. The van der Waals surface area contributed by atoms with E-state index in [1.165, 1.54) is 5.56 Å². The Hall–Kier alpha value is -1.05. The highest BCUT2D eigenvalue weighted by atomic mass is 16.5. The van der Waals surface area contributed by atoms with E-state index in [1.54, 1.807) is 0 Å². The molecule has 0 radical (unpaired) electrons. The lowest BCUT2D eigenvalue weighted by molar-refractivity contribution is -0.680. The van der Waals surface area contributed by atoms with Crippen molar-refractivity contribution >= 4 is 0 Å². The molecule has 58 valence electrons. The molecule has 2 heterocycles. The summed E-state index contributed by atoms with van der Waals surface area (Å²) >= 11 is 0. The van der Waals surface area contributed by atoms with Crippen molar-refractivity contribution in [1.29, 1.82) is 0 Å². The van der Waals surface area contributed by atoms with E-state index in [-0.39, 0.29) is 0 Å². The predicted octanol–water partition coefficient (Wildman–Crippen LogP) is 0.929. The maximum atomic E-state index is 5.36. The first-order chi connectivity index (χ1) is 5.40. The Morgan fingerprint density at radius 1 is 1.55 bits per heavy atom. The Morgan fingerprint density at radius 3 is 3.27 bits per heavy atom. The van der Waals surface area contributed by atoms with Crippen molar-refractivity contribution < 1.29 is 9.30 Å². The predicted molar refractivity (Wildman–Crippen MR) is 41.5 cm³/mol. The second-order valence-electron chi connectivity index (χ2n) is 2.77. The van der Waals surface area contributed by atoms with Crippen molar-refractivity contribution in [2.75, 3.05) is 6.61 Å². The van der Waals surface area contributed by atoms with Crippen LogP contribution in [0.1, 0.15) is 12.5 Å². The van der Waals surface area contributed by atoms with E-state index in [1.807, 2.05) is 6.07 Å². The van der Waals surface area contributed by atoms with Gasteiger partial charge in [0.25, 0.3) is 0 Å². The highest BCUT2D eigenvalue weighted by Crippen LogP contribution is 2.09. The van der Waals surface area contributed by atoms with Gasteiger partial charge in [0.2, 0.25) is 0 Å². The number of hydrogen-bond acceptors (Lipinski definition) is 1. The largest absolute Gasteiger partial charge is 0.438 e. The van der Waals surface area contributed by atoms with E-state index in [9.17, 15) is 0 Å². The van der Waals surface area contributed by atoms with Crippen molar-refractivity contribution in [2.45, 2.75) is 19.9 Å². The second kappa shape index (κ2) is 2.53. The van der Waals surface area contributed by atoms with Crippen LogP contribution in [0, 0.1) is 0 Å². The smallest absolute Gasteiger partial charge is 0.368 e. The molecular formula is C9H12NO+. The molecule has 0 aliphatic carbocycles. The topological polar surface area (TPSA) is 13.1 Å². The summed E-state index contributed by atoms with van der Waals surface area (Å²) in [6, 6.07) is 4.17. The van der Waals surface area contributed by atoms with Gasteiger partial charge in [-0.15, -0.1) is 0 Å². The highest BCUT2D eigenvalue weighted by Gasteiger charge is 2.18. The number of rotatable bonds is 1. The van der Waals surface area contributed by atoms with Gasteiger partial charge in [-0.3, -0.25) is 0 Å².